The SMILES string of the molecule is Nc1cc(Cl)ccc1SCc1cccc(F)c1. The number of rotatable bonds is 3. The van der Waals surface area contributed by atoms with Crippen molar-refractivity contribution in [3.8, 4) is 0 Å². The fraction of sp³-hybridized carbons (Fsp3) is 0.0769. The molecule has 0 aliphatic heterocycles. The number of thioether (sulfide) groups is 1. The maximum absolute atomic E-state index is 13.0. The van der Waals surface area contributed by atoms with Gasteiger partial charge in [-0.25, -0.2) is 4.39 Å². The molecule has 2 aromatic rings. The summed E-state index contributed by atoms with van der Waals surface area (Å²) in [6.45, 7) is 0. The van der Waals surface area contributed by atoms with Gasteiger partial charge in [-0.2, -0.15) is 0 Å². The normalized spacial score (nSPS) is 10.5. The van der Waals surface area contributed by atoms with E-state index < -0.39 is 0 Å². The maximum Gasteiger partial charge on any atom is 0.123 e. The van der Waals surface area contributed by atoms with Gasteiger partial charge in [-0.15, -0.1) is 11.8 Å². The largest absolute Gasteiger partial charge is 0.398 e. The van der Waals surface area contributed by atoms with Crippen molar-refractivity contribution in [2.24, 2.45) is 0 Å². The molecule has 2 N–H and O–H groups in total. The van der Waals surface area contributed by atoms with Crippen molar-refractivity contribution >= 4 is 29.1 Å². The molecule has 0 aliphatic rings. The molecule has 0 fully saturated rings. The molecule has 0 unspecified atom stereocenters. The van der Waals surface area contributed by atoms with Crippen LogP contribution < -0.4 is 5.73 Å². The molecule has 0 aliphatic carbocycles. The van der Waals surface area contributed by atoms with Crippen LogP contribution in [0.25, 0.3) is 0 Å². The molecule has 4 heteroatoms. The summed E-state index contributed by atoms with van der Waals surface area (Å²) >= 11 is 7.38. The molecular formula is C13H11ClFNS. The lowest BCUT2D eigenvalue weighted by Gasteiger charge is -2.06. The Hall–Kier alpha value is -1.19. The number of anilines is 1. The molecule has 2 aromatic carbocycles. The van der Waals surface area contributed by atoms with E-state index in [1.54, 1.807) is 30.0 Å². The minimum atomic E-state index is -0.216. The lowest BCUT2D eigenvalue weighted by molar-refractivity contribution is 0.626. The molecule has 0 radical (unpaired) electrons. The van der Waals surface area contributed by atoms with Crippen molar-refractivity contribution in [2.45, 2.75) is 10.6 Å². The second-order valence-electron chi connectivity index (χ2n) is 3.60. The first-order valence-electron chi connectivity index (χ1n) is 5.07. The highest BCUT2D eigenvalue weighted by Crippen LogP contribution is 2.30. The Bertz CT molecular complexity index is 531. The van der Waals surface area contributed by atoms with Crippen LogP contribution in [-0.4, -0.2) is 0 Å². The molecule has 0 bridgehead atoms. The number of halogens is 2. The lowest BCUT2D eigenvalue weighted by atomic mass is 10.2. The Morgan fingerprint density at radius 2 is 2.00 bits per heavy atom. The zero-order valence-corrected chi connectivity index (χ0v) is 10.6. The molecule has 2 rings (SSSR count). The Kier molecular flexibility index (Phi) is 3.92. The molecule has 0 saturated carbocycles. The highest BCUT2D eigenvalue weighted by Gasteiger charge is 2.02. The summed E-state index contributed by atoms with van der Waals surface area (Å²) in [5.41, 5.74) is 7.42. The third-order valence-corrected chi connectivity index (χ3v) is 3.65. The molecule has 0 saturated heterocycles. The minimum Gasteiger partial charge on any atom is -0.398 e. The first-order valence-corrected chi connectivity index (χ1v) is 6.44. The molecule has 88 valence electrons. The third-order valence-electron chi connectivity index (χ3n) is 2.26. The number of hydrogen-bond acceptors (Lipinski definition) is 2. The zero-order valence-electron chi connectivity index (χ0n) is 8.99. The van der Waals surface area contributed by atoms with Crippen molar-refractivity contribution < 1.29 is 4.39 Å². The first-order chi connectivity index (χ1) is 8.15. The van der Waals surface area contributed by atoms with E-state index >= 15 is 0 Å². The molecular weight excluding hydrogens is 257 g/mol. The van der Waals surface area contributed by atoms with Gasteiger partial charge in [-0.05, 0) is 35.9 Å². The smallest absolute Gasteiger partial charge is 0.123 e. The number of hydrogen-bond donors (Lipinski definition) is 1. The second kappa shape index (κ2) is 5.43. The predicted molar refractivity (Wildman–Crippen MR) is 71.8 cm³/mol. The van der Waals surface area contributed by atoms with E-state index in [0.717, 1.165) is 10.5 Å². The predicted octanol–water partition coefficient (Wildman–Crippen LogP) is 4.35. The van der Waals surface area contributed by atoms with Gasteiger partial charge in [-0.1, -0.05) is 23.7 Å². The van der Waals surface area contributed by atoms with Crippen LogP contribution in [0.3, 0.4) is 0 Å². The molecule has 0 atom stereocenters. The minimum absolute atomic E-state index is 0.216. The standard InChI is InChI=1S/C13H11ClFNS/c14-10-4-5-13(12(16)7-10)17-8-9-2-1-3-11(15)6-9/h1-7H,8,16H2. The van der Waals surface area contributed by atoms with E-state index in [-0.39, 0.29) is 5.82 Å². The summed E-state index contributed by atoms with van der Waals surface area (Å²) in [7, 11) is 0. The van der Waals surface area contributed by atoms with Crippen LogP contribution in [0, 0.1) is 5.82 Å². The molecule has 0 aromatic heterocycles. The average Bonchev–Trinajstić information content (AvgIpc) is 2.28. The summed E-state index contributed by atoms with van der Waals surface area (Å²) < 4.78 is 13.0. The molecule has 0 spiro atoms. The van der Waals surface area contributed by atoms with Crippen LogP contribution in [0.4, 0.5) is 10.1 Å². The van der Waals surface area contributed by atoms with E-state index in [0.29, 0.717) is 16.5 Å². The molecule has 17 heavy (non-hydrogen) atoms. The molecule has 1 nitrogen and oxygen atoms in total. The monoisotopic (exact) mass is 267 g/mol. The summed E-state index contributed by atoms with van der Waals surface area (Å²) in [6.07, 6.45) is 0. The van der Waals surface area contributed by atoms with Gasteiger partial charge in [0.15, 0.2) is 0 Å². The van der Waals surface area contributed by atoms with Crippen LogP contribution in [0.15, 0.2) is 47.4 Å². The third kappa shape index (κ3) is 3.38. The van der Waals surface area contributed by atoms with Crippen molar-refractivity contribution in [2.75, 3.05) is 5.73 Å². The Balaban J connectivity index is 2.07. The van der Waals surface area contributed by atoms with E-state index in [1.807, 2.05) is 12.1 Å². The molecule has 0 heterocycles. The van der Waals surface area contributed by atoms with Gasteiger partial charge in [0.1, 0.15) is 5.82 Å². The summed E-state index contributed by atoms with van der Waals surface area (Å²) in [6, 6.07) is 11.9. The van der Waals surface area contributed by atoms with Gasteiger partial charge < -0.3 is 5.73 Å². The summed E-state index contributed by atoms with van der Waals surface area (Å²) in [5, 5.41) is 0.623. The number of nitrogens with two attached hydrogens (primary N) is 1. The van der Waals surface area contributed by atoms with Crippen molar-refractivity contribution in [1.82, 2.24) is 0 Å². The van der Waals surface area contributed by atoms with Gasteiger partial charge >= 0.3 is 0 Å². The van der Waals surface area contributed by atoms with Crippen molar-refractivity contribution in [1.29, 1.82) is 0 Å². The topological polar surface area (TPSA) is 26.0 Å². The quantitative estimate of drug-likeness (QED) is 0.661. The fourth-order valence-corrected chi connectivity index (χ4v) is 2.51. The summed E-state index contributed by atoms with van der Waals surface area (Å²) in [4.78, 5) is 0.957. The van der Waals surface area contributed by atoms with Crippen molar-refractivity contribution in [3.63, 3.8) is 0 Å². The average molecular weight is 268 g/mol. The van der Waals surface area contributed by atoms with Crippen LogP contribution in [0.1, 0.15) is 5.56 Å². The Morgan fingerprint density at radius 1 is 1.18 bits per heavy atom. The van der Waals surface area contributed by atoms with E-state index in [1.165, 1.54) is 12.1 Å². The zero-order chi connectivity index (χ0) is 12.3. The lowest BCUT2D eigenvalue weighted by Crippen LogP contribution is -1.89. The molecule has 0 amide bonds. The van der Waals surface area contributed by atoms with Gasteiger partial charge in [0.05, 0.1) is 0 Å². The first kappa shape index (κ1) is 12.3. The summed E-state index contributed by atoms with van der Waals surface area (Å²) in [5.74, 6) is 0.469. The van der Waals surface area contributed by atoms with Crippen LogP contribution in [-0.2, 0) is 5.75 Å². The van der Waals surface area contributed by atoms with Crippen LogP contribution in [0.5, 0.6) is 0 Å². The highest BCUT2D eigenvalue weighted by molar-refractivity contribution is 7.98. The highest BCUT2D eigenvalue weighted by atomic mass is 35.5. The Morgan fingerprint density at radius 3 is 2.71 bits per heavy atom. The van der Waals surface area contributed by atoms with Gasteiger partial charge in [0.2, 0.25) is 0 Å². The number of benzene rings is 2. The number of nitrogen functional groups attached to an aromatic ring is 1. The van der Waals surface area contributed by atoms with E-state index in [4.69, 9.17) is 17.3 Å². The van der Waals surface area contributed by atoms with Crippen molar-refractivity contribution in [3.05, 3.63) is 58.9 Å². The van der Waals surface area contributed by atoms with Crippen LogP contribution in [0.2, 0.25) is 5.02 Å². The Labute approximate surface area is 109 Å². The second-order valence-corrected chi connectivity index (χ2v) is 5.05. The van der Waals surface area contributed by atoms with Crippen LogP contribution >= 0.6 is 23.4 Å². The van der Waals surface area contributed by atoms with Gasteiger partial charge in [0, 0.05) is 21.4 Å². The van der Waals surface area contributed by atoms with Gasteiger partial charge in [0.25, 0.3) is 0 Å². The van der Waals surface area contributed by atoms with Gasteiger partial charge in [-0.3, -0.25) is 0 Å². The van der Waals surface area contributed by atoms with E-state index in [9.17, 15) is 4.39 Å². The van der Waals surface area contributed by atoms with E-state index in [2.05, 4.69) is 0 Å². The maximum atomic E-state index is 13.0. The fourth-order valence-electron chi connectivity index (χ4n) is 1.44.